The number of aromatic hydroxyl groups is 1. The van der Waals surface area contributed by atoms with Crippen LogP contribution < -0.4 is 5.32 Å². The lowest BCUT2D eigenvalue weighted by Crippen LogP contribution is -2.39. The van der Waals surface area contributed by atoms with Gasteiger partial charge in [-0.15, -0.1) is 12.4 Å². The summed E-state index contributed by atoms with van der Waals surface area (Å²) in [5, 5.41) is 13.1. The summed E-state index contributed by atoms with van der Waals surface area (Å²) in [5.41, 5.74) is 6.83. The first-order valence-electron chi connectivity index (χ1n) is 10.2. The first-order chi connectivity index (χ1) is 14.3. The van der Waals surface area contributed by atoms with Crippen LogP contribution in [0.15, 0.2) is 78.9 Å². The lowest BCUT2D eigenvalue weighted by atomic mass is 9.86. The van der Waals surface area contributed by atoms with Gasteiger partial charge < -0.3 is 10.4 Å². The standard InChI is InChI=1S/C26H26FNO.ClH/c27-16-4-7-25(20-5-2-1-3-6-20)26(22-12-14-24(29)15-13-22)21-10-8-19(9-11-21)23-17-28-18-23;/h1-3,5-6,8-15,23,28-29H,4,7,16-18H2;1H/b26-25+;. The second kappa shape index (κ2) is 10.4. The molecular formula is C26H27ClFNO. The first-order valence-corrected chi connectivity index (χ1v) is 10.2. The maximum Gasteiger partial charge on any atom is 0.115 e. The second-order valence-electron chi connectivity index (χ2n) is 7.54. The van der Waals surface area contributed by atoms with E-state index in [4.69, 9.17) is 0 Å². The van der Waals surface area contributed by atoms with Crippen molar-refractivity contribution in [3.05, 3.63) is 101 Å². The normalized spacial score (nSPS) is 14.4. The Morgan fingerprint density at radius 3 is 1.97 bits per heavy atom. The van der Waals surface area contributed by atoms with Gasteiger partial charge in [-0.2, -0.15) is 0 Å². The van der Waals surface area contributed by atoms with Crippen molar-refractivity contribution in [2.24, 2.45) is 0 Å². The lowest BCUT2D eigenvalue weighted by Gasteiger charge is -2.27. The van der Waals surface area contributed by atoms with Crippen LogP contribution >= 0.6 is 12.4 Å². The molecule has 3 aromatic carbocycles. The molecule has 1 fully saturated rings. The third-order valence-corrected chi connectivity index (χ3v) is 5.59. The van der Waals surface area contributed by atoms with Crippen LogP contribution in [-0.4, -0.2) is 24.9 Å². The quantitative estimate of drug-likeness (QED) is 0.443. The van der Waals surface area contributed by atoms with Crippen LogP contribution in [0, 0.1) is 0 Å². The molecule has 3 aromatic rings. The molecule has 1 aliphatic rings. The number of phenols is 1. The van der Waals surface area contributed by atoms with Gasteiger partial charge in [-0.25, -0.2) is 0 Å². The van der Waals surface area contributed by atoms with Crippen molar-refractivity contribution in [3.8, 4) is 5.75 Å². The number of rotatable bonds is 7. The van der Waals surface area contributed by atoms with Gasteiger partial charge in [0.1, 0.15) is 5.75 Å². The smallest absolute Gasteiger partial charge is 0.115 e. The van der Waals surface area contributed by atoms with Crippen molar-refractivity contribution < 1.29 is 9.50 Å². The van der Waals surface area contributed by atoms with E-state index in [1.54, 1.807) is 12.1 Å². The number of halogens is 2. The molecule has 1 heterocycles. The molecule has 30 heavy (non-hydrogen) atoms. The van der Waals surface area contributed by atoms with E-state index in [2.05, 4.69) is 41.7 Å². The SMILES string of the molecule is Cl.Oc1ccc(/C(=C(\CCCF)c2ccccc2)c2ccc(C3CNC3)cc2)cc1. The molecule has 2 N–H and O–H groups in total. The predicted octanol–water partition coefficient (Wildman–Crippen LogP) is 6.21. The topological polar surface area (TPSA) is 32.3 Å². The number of benzene rings is 3. The van der Waals surface area contributed by atoms with E-state index in [0.29, 0.717) is 18.8 Å². The minimum Gasteiger partial charge on any atom is -0.508 e. The van der Waals surface area contributed by atoms with Gasteiger partial charge in [0.25, 0.3) is 0 Å². The minimum atomic E-state index is -0.340. The van der Waals surface area contributed by atoms with E-state index in [1.807, 2.05) is 30.3 Å². The van der Waals surface area contributed by atoms with Crippen LogP contribution in [0.25, 0.3) is 11.1 Å². The molecule has 0 amide bonds. The van der Waals surface area contributed by atoms with Crippen LogP contribution in [-0.2, 0) is 0 Å². The van der Waals surface area contributed by atoms with Crippen molar-refractivity contribution >= 4 is 23.6 Å². The first kappa shape index (κ1) is 22.1. The predicted molar refractivity (Wildman–Crippen MR) is 125 cm³/mol. The Labute approximate surface area is 183 Å². The lowest BCUT2D eigenvalue weighted by molar-refractivity contribution is 0.448. The molecule has 2 nitrogen and oxygen atoms in total. The molecule has 0 aliphatic carbocycles. The fourth-order valence-electron chi connectivity index (χ4n) is 3.89. The van der Waals surface area contributed by atoms with Gasteiger partial charge in [-0.1, -0.05) is 66.7 Å². The number of hydrogen-bond acceptors (Lipinski definition) is 2. The van der Waals surface area contributed by atoms with Gasteiger partial charge in [0.15, 0.2) is 0 Å². The van der Waals surface area contributed by atoms with Gasteiger partial charge in [0.2, 0.25) is 0 Å². The summed E-state index contributed by atoms with van der Waals surface area (Å²) in [6.07, 6.45) is 1.14. The highest BCUT2D eigenvalue weighted by Gasteiger charge is 2.19. The summed E-state index contributed by atoms with van der Waals surface area (Å²) in [5.74, 6) is 0.830. The molecule has 0 unspecified atom stereocenters. The van der Waals surface area contributed by atoms with E-state index in [9.17, 15) is 9.50 Å². The van der Waals surface area contributed by atoms with Crippen LogP contribution in [0.5, 0.6) is 5.75 Å². The van der Waals surface area contributed by atoms with Crippen LogP contribution in [0.4, 0.5) is 4.39 Å². The van der Waals surface area contributed by atoms with Crippen LogP contribution in [0.3, 0.4) is 0 Å². The largest absolute Gasteiger partial charge is 0.508 e. The summed E-state index contributed by atoms with van der Waals surface area (Å²) >= 11 is 0. The Morgan fingerprint density at radius 2 is 1.43 bits per heavy atom. The molecule has 156 valence electrons. The van der Waals surface area contributed by atoms with E-state index in [-0.39, 0.29) is 24.8 Å². The Morgan fingerprint density at radius 1 is 0.833 bits per heavy atom. The van der Waals surface area contributed by atoms with Crippen molar-refractivity contribution in [1.29, 1.82) is 0 Å². The van der Waals surface area contributed by atoms with Crippen LogP contribution in [0.1, 0.15) is 41.0 Å². The zero-order valence-corrected chi connectivity index (χ0v) is 17.7. The molecule has 1 aliphatic heterocycles. The average molecular weight is 424 g/mol. The van der Waals surface area contributed by atoms with Gasteiger partial charge in [-0.05, 0) is 58.4 Å². The van der Waals surface area contributed by atoms with Gasteiger partial charge in [0.05, 0.1) is 6.67 Å². The summed E-state index contributed by atoms with van der Waals surface area (Å²) in [6.45, 7) is 1.73. The maximum atomic E-state index is 13.1. The van der Waals surface area contributed by atoms with E-state index >= 15 is 0 Å². The highest BCUT2D eigenvalue weighted by Crippen LogP contribution is 2.36. The molecular weight excluding hydrogens is 397 g/mol. The van der Waals surface area contributed by atoms with Crippen molar-refractivity contribution in [2.45, 2.75) is 18.8 Å². The summed E-state index contributed by atoms with van der Waals surface area (Å²) in [4.78, 5) is 0. The minimum absolute atomic E-state index is 0. The Balaban J connectivity index is 0.00000256. The van der Waals surface area contributed by atoms with Gasteiger partial charge in [-0.3, -0.25) is 4.39 Å². The third-order valence-electron chi connectivity index (χ3n) is 5.59. The maximum absolute atomic E-state index is 13.1. The fourth-order valence-corrected chi connectivity index (χ4v) is 3.89. The fraction of sp³-hybridized carbons (Fsp3) is 0.231. The number of alkyl halides is 1. The number of allylic oxidation sites excluding steroid dienone is 1. The molecule has 4 heteroatoms. The zero-order valence-electron chi connectivity index (χ0n) is 16.9. The second-order valence-corrected chi connectivity index (χ2v) is 7.54. The van der Waals surface area contributed by atoms with Crippen molar-refractivity contribution in [3.63, 3.8) is 0 Å². The van der Waals surface area contributed by atoms with Crippen molar-refractivity contribution in [2.75, 3.05) is 19.8 Å². The Bertz CT molecular complexity index is 964. The molecule has 0 bridgehead atoms. The Hall–Kier alpha value is -2.62. The zero-order chi connectivity index (χ0) is 20.1. The van der Waals surface area contributed by atoms with Gasteiger partial charge >= 0.3 is 0 Å². The molecule has 0 spiro atoms. The molecule has 0 aromatic heterocycles. The highest BCUT2D eigenvalue weighted by molar-refractivity contribution is 5.98. The average Bonchev–Trinajstić information content (AvgIpc) is 2.72. The summed E-state index contributed by atoms with van der Waals surface area (Å²) < 4.78 is 13.1. The monoisotopic (exact) mass is 423 g/mol. The van der Waals surface area contributed by atoms with Crippen molar-refractivity contribution in [1.82, 2.24) is 5.32 Å². The number of hydrogen-bond donors (Lipinski definition) is 2. The highest BCUT2D eigenvalue weighted by atomic mass is 35.5. The van der Waals surface area contributed by atoms with E-state index in [1.165, 1.54) is 5.56 Å². The molecule has 1 saturated heterocycles. The summed E-state index contributed by atoms with van der Waals surface area (Å²) in [7, 11) is 0. The molecule has 0 radical (unpaired) electrons. The van der Waals surface area contributed by atoms with Gasteiger partial charge in [0, 0.05) is 19.0 Å². The molecule has 0 atom stereocenters. The van der Waals surface area contributed by atoms with E-state index < -0.39 is 0 Å². The number of nitrogens with one attached hydrogen (secondary N) is 1. The molecule has 4 rings (SSSR count). The molecule has 0 saturated carbocycles. The number of phenolic OH excluding ortho intramolecular Hbond substituents is 1. The summed E-state index contributed by atoms with van der Waals surface area (Å²) in [6, 6.07) is 26.3. The van der Waals surface area contributed by atoms with E-state index in [0.717, 1.165) is 40.9 Å². The van der Waals surface area contributed by atoms with Crippen LogP contribution in [0.2, 0.25) is 0 Å². The third kappa shape index (κ3) is 4.92. The Kier molecular flexibility index (Phi) is 7.67.